The molecular formula is C14H27N3. The first-order valence-electron chi connectivity index (χ1n) is 7.16. The second-order valence-electron chi connectivity index (χ2n) is 6.13. The van der Waals surface area contributed by atoms with Gasteiger partial charge in [0.1, 0.15) is 0 Å². The molecule has 17 heavy (non-hydrogen) atoms. The second-order valence-corrected chi connectivity index (χ2v) is 6.13. The van der Waals surface area contributed by atoms with E-state index >= 15 is 0 Å². The van der Waals surface area contributed by atoms with Crippen LogP contribution in [0.25, 0.3) is 0 Å². The number of nitrogens with zero attached hydrogens (tertiary/aromatic N) is 2. The van der Waals surface area contributed by atoms with Crippen molar-refractivity contribution in [2.24, 2.45) is 22.6 Å². The van der Waals surface area contributed by atoms with Crippen LogP contribution in [0.4, 0.5) is 0 Å². The highest BCUT2D eigenvalue weighted by Gasteiger charge is 2.44. The number of rotatable bonds is 3. The number of hydrogen-bond acceptors (Lipinski definition) is 3. The van der Waals surface area contributed by atoms with Gasteiger partial charge in [0.2, 0.25) is 0 Å². The Morgan fingerprint density at radius 1 is 1.41 bits per heavy atom. The van der Waals surface area contributed by atoms with Crippen LogP contribution >= 0.6 is 0 Å². The van der Waals surface area contributed by atoms with Crippen molar-refractivity contribution >= 4 is 5.96 Å². The molecule has 98 valence electrons. The van der Waals surface area contributed by atoms with Crippen molar-refractivity contribution in [1.29, 1.82) is 0 Å². The Bertz CT molecular complexity index is 288. The second kappa shape index (κ2) is 4.87. The van der Waals surface area contributed by atoms with Crippen LogP contribution in [-0.4, -0.2) is 29.5 Å². The quantitative estimate of drug-likeness (QED) is 0.820. The van der Waals surface area contributed by atoms with Gasteiger partial charge in [-0.2, -0.15) is 0 Å². The fraction of sp³-hybridized carbons (Fsp3) is 0.929. The fourth-order valence-electron chi connectivity index (χ4n) is 3.49. The van der Waals surface area contributed by atoms with Crippen molar-refractivity contribution < 1.29 is 0 Å². The van der Waals surface area contributed by atoms with Gasteiger partial charge in [0.05, 0.1) is 12.1 Å². The van der Waals surface area contributed by atoms with E-state index in [9.17, 15) is 0 Å². The minimum absolute atomic E-state index is 0.283. The van der Waals surface area contributed by atoms with E-state index in [1.54, 1.807) is 0 Å². The zero-order chi connectivity index (χ0) is 12.5. The summed E-state index contributed by atoms with van der Waals surface area (Å²) in [5.41, 5.74) is 6.32. The molecule has 0 unspecified atom stereocenters. The van der Waals surface area contributed by atoms with Gasteiger partial charge >= 0.3 is 0 Å². The lowest BCUT2D eigenvalue weighted by molar-refractivity contribution is 0.101. The van der Waals surface area contributed by atoms with Crippen molar-refractivity contribution in [3.8, 4) is 0 Å². The third-order valence-electron chi connectivity index (χ3n) is 4.74. The van der Waals surface area contributed by atoms with Crippen molar-refractivity contribution in [2.75, 3.05) is 13.1 Å². The molecule has 0 atom stereocenters. The summed E-state index contributed by atoms with van der Waals surface area (Å²) in [6.45, 7) is 8.93. The lowest BCUT2D eigenvalue weighted by Crippen LogP contribution is -2.53. The van der Waals surface area contributed by atoms with Crippen LogP contribution in [0.5, 0.6) is 0 Å². The summed E-state index contributed by atoms with van der Waals surface area (Å²) < 4.78 is 0. The Morgan fingerprint density at radius 2 is 2.06 bits per heavy atom. The van der Waals surface area contributed by atoms with Gasteiger partial charge in [-0.05, 0) is 43.9 Å². The summed E-state index contributed by atoms with van der Waals surface area (Å²) in [5.74, 6) is 2.52. The SMILES string of the molecule is CCCN1C(N)=NCC12CCC(C(C)C)CC2. The van der Waals surface area contributed by atoms with Gasteiger partial charge < -0.3 is 10.6 Å². The predicted molar refractivity (Wildman–Crippen MR) is 73.0 cm³/mol. The molecule has 1 heterocycles. The summed E-state index contributed by atoms with van der Waals surface area (Å²) in [6.07, 6.45) is 6.41. The van der Waals surface area contributed by atoms with Crippen LogP contribution in [0.1, 0.15) is 52.9 Å². The van der Waals surface area contributed by atoms with E-state index < -0.39 is 0 Å². The largest absolute Gasteiger partial charge is 0.370 e. The monoisotopic (exact) mass is 237 g/mol. The molecule has 1 fully saturated rings. The Kier molecular flexibility index (Phi) is 3.64. The van der Waals surface area contributed by atoms with E-state index in [1.807, 2.05) is 0 Å². The third kappa shape index (κ3) is 2.29. The van der Waals surface area contributed by atoms with E-state index in [0.29, 0.717) is 0 Å². The minimum atomic E-state index is 0.283. The zero-order valence-corrected chi connectivity index (χ0v) is 11.6. The van der Waals surface area contributed by atoms with Gasteiger partial charge in [-0.15, -0.1) is 0 Å². The van der Waals surface area contributed by atoms with Gasteiger partial charge in [0.15, 0.2) is 5.96 Å². The number of nitrogens with two attached hydrogens (primary N) is 1. The van der Waals surface area contributed by atoms with E-state index in [2.05, 4.69) is 30.7 Å². The predicted octanol–water partition coefficient (Wildman–Crippen LogP) is 2.61. The van der Waals surface area contributed by atoms with Crippen LogP contribution in [0.2, 0.25) is 0 Å². The summed E-state index contributed by atoms with van der Waals surface area (Å²) >= 11 is 0. The highest BCUT2D eigenvalue weighted by Crippen LogP contribution is 2.41. The molecule has 0 aromatic rings. The molecule has 0 aromatic carbocycles. The maximum atomic E-state index is 6.04. The molecule has 0 saturated heterocycles. The molecular weight excluding hydrogens is 210 g/mol. The van der Waals surface area contributed by atoms with E-state index in [0.717, 1.165) is 37.3 Å². The molecule has 0 aromatic heterocycles. The summed E-state index contributed by atoms with van der Waals surface area (Å²) in [6, 6.07) is 0. The first-order valence-corrected chi connectivity index (χ1v) is 7.16. The fourth-order valence-corrected chi connectivity index (χ4v) is 3.49. The van der Waals surface area contributed by atoms with Crippen molar-refractivity contribution in [3.05, 3.63) is 0 Å². The van der Waals surface area contributed by atoms with Crippen LogP contribution in [0.3, 0.4) is 0 Å². The standard InChI is InChI=1S/C14H27N3/c1-4-9-17-13(15)16-10-14(17)7-5-12(6-8-14)11(2)3/h11-12H,4-10H2,1-3H3,(H2,15,16). The van der Waals surface area contributed by atoms with E-state index in [-0.39, 0.29) is 5.54 Å². The van der Waals surface area contributed by atoms with Crippen LogP contribution in [0.15, 0.2) is 4.99 Å². The first kappa shape index (κ1) is 12.7. The van der Waals surface area contributed by atoms with Gasteiger partial charge in [-0.3, -0.25) is 4.99 Å². The van der Waals surface area contributed by atoms with Crippen LogP contribution in [0, 0.1) is 11.8 Å². The Balaban J connectivity index is 2.02. The maximum Gasteiger partial charge on any atom is 0.191 e. The van der Waals surface area contributed by atoms with Gasteiger partial charge in [-0.25, -0.2) is 0 Å². The molecule has 1 spiro atoms. The normalized spacial score (nSPS) is 33.5. The van der Waals surface area contributed by atoms with Crippen LogP contribution in [-0.2, 0) is 0 Å². The summed E-state index contributed by atoms with van der Waals surface area (Å²) in [5, 5.41) is 0. The van der Waals surface area contributed by atoms with Gasteiger partial charge in [0, 0.05) is 6.54 Å². The molecule has 2 rings (SSSR count). The molecule has 2 N–H and O–H groups in total. The molecule has 3 heteroatoms. The molecule has 3 nitrogen and oxygen atoms in total. The highest BCUT2D eigenvalue weighted by molar-refractivity contribution is 5.81. The molecule has 1 aliphatic carbocycles. The summed E-state index contributed by atoms with van der Waals surface area (Å²) in [7, 11) is 0. The molecule has 0 amide bonds. The average Bonchev–Trinajstić information content (AvgIpc) is 2.60. The number of hydrogen-bond donors (Lipinski definition) is 1. The van der Waals surface area contributed by atoms with Crippen molar-refractivity contribution in [2.45, 2.75) is 58.4 Å². The van der Waals surface area contributed by atoms with E-state index in [1.165, 1.54) is 25.7 Å². The Labute approximate surface area is 105 Å². The Hall–Kier alpha value is -0.730. The molecule has 2 aliphatic rings. The highest BCUT2D eigenvalue weighted by atomic mass is 15.4. The van der Waals surface area contributed by atoms with Gasteiger partial charge in [-0.1, -0.05) is 20.8 Å². The molecule has 0 bridgehead atoms. The van der Waals surface area contributed by atoms with Crippen molar-refractivity contribution in [1.82, 2.24) is 4.90 Å². The number of guanidine groups is 1. The maximum absolute atomic E-state index is 6.04. The van der Waals surface area contributed by atoms with Crippen molar-refractivity contribution in [3.63, 3.8) is 0 Å². The first-order chi connectivity index (χ1) is 8.09. The molecule has 0 radical (unpaired) electrons. The van der Waals surface area contributed by atoms with Gasteiger partial charge in [0.25, 0.3) is 0 Å². The topological polar surface area (TPSA) is 41.6 Å². The average molecular weight is 237 g/mol. The lowest BCUT2D eigenvalue weighted by Gasteiger charge is -2.45. The molecule has 1 aliphatic heterocycles. The van der Waals surface area contributed by atoms with E-state index in [4.69, 9.17) is 5.73 Å². The smallest absolute Gasteiger partial charge is 0.191 e. The summed E-state index contributed by atoms with van der Waals surface area (Å²) in [4.78, 5) is 6.90. The third-order valence-corrected chi connectivity index (χ3v) is 4.74. The molecule has 1 saturated carbocycles. The minimum Gasteiger partial charge on any atom is -0.370 e. The zero-order valence-electron chi connectivity index (χ0n) is 11.6. The lowest BCUT2D eigenvalue weighted by atomic mass is 9.72. The van der Waals surface area contributed by atoms with Crippen LogP contribution < -0.4 is 5.73 Å². The Morgan fingerprint density at radius 3 is 2.59 bits per heavy atom. The number of aliphatic imine (C=N–C) groups is 1.